The van der Waals surface area contributed by atoms with E-state index in [1.54, 1.807) is 4.90 Å². The minimum atomic E-state index is -0.862. The first kappa shape index (κ1) is 24.7. The van der Waals surface area contributed by atoms with E-state index < -0.39 is 24.4 Å². The number of hydrogen-bond donors (Lipinski definition) is 1. The number of carboxylic acid groups (broad SMARTS) is 1. The van der Waals surface area contributed by atoms with E-state index in [0.717, 1.165) is 16.9 Å². The summed E-state index contributed by atoms with van der Waals surface area (Å²) in [6.07, 6.45) is -0.832. The monoisotopic (exact) mass is 446 g/mol. The van der Waals surface area contributed by atoms with Gasteiger partial charge in [-0.3, -0.25) is 0 Å². The molecule has 1 aromatic rings. The molecule has 0 spiro atoms. The van der Waals surface area contributed by atoms with Crippen LogP contribution in [0.25, 0.3) is 0 Å². The third-order valence-electron chi connectivity index (χ3n) is 6.80. The van der Waals surface area contributed by atoms with E-state index in [2.05, 4.69) is 31.7 Å². The molecule has 2 saturated heterocycles. The predicted molar refractivity (Wildman–Crippen MR) is 128 cm³/mol. The van der Waals surface area contributed by atoms with Gasteiger partial charge in [0, 0.05) is 31.4 Å². The van der Waals surface area contributed by atoms with Gasteiger partial charge in [-0.25, -0.2) is 4.79 Å². The second-order valence-corrected chi connectivity index (χ2v) is 11.3. The van der Waals surface area contributed by atoms with Gasteiger partial charge in [0.15, 0.2) is 0 Å². The molecule has 0 aliphatic carbocycles. The fourth-order valence-corrected chi connectivity index (χ4v) is 4.23. The Hall–Kier alpha value is -1.93. The van der Waals surface area contributed by atoms with Crippen molar-refractivity contribution in [2.45, 2.75) is 85.7 Å². The molecule has 0 radical (unpaired) electrons. The van der Waals surface area contributed by atoms with Crippen molar-refractivity contribution in [1.82, 2.24) is 4.90 Å². The average Bonchev–Trinajstić information content (AvgIpc) is 2.87. The SMILES string of the molecule is CC(C)Oc1cc(B2OC(C)(C)C(C)(C)O2)cc(N2CCN(C(=O)O)C(C(C)(C)C)C2)c1. The van der Waals surface area contributed by atoms with Crippen molar-refractivity contribution in [2.75, 3.05) is 24.5 Å². The Kier molecular flexibility index (Phi) is 6.53. The minimum Gasteiger partial charge on any atom is -0.491 e. The van der Waals surface area contributed by atoms with E-state index >= 15 is 0 Å². The number of ether oxygens (including phenoxy) is 1. The van der Waals surface area contributed by atoms with Crippen molar-refractivity contribution in [3.63, 3.8) is 0 Å². The molecule has 1 N–H and O–H groups in total. The summed E-state index contributed by atoms with van der Waals surface area (Å²) in [5, 5.41) is 9.71. The van der Waals surface area contributed by atoms with Crippen molar-refractivity contribution in [1.29, 1.82) is 0 Å². The van der Waals surface area contributed by atoms with Crippen LogP contribution in [0.5, 0.6) is 5.75 Å². The maximum atomic E-state index is 11.8. The lowest BCUT2D eigenvalue weighted by atomic mass is 9.78. The topological polar surface area (TPSA) is 71.5 Å². The van der Waals surface area contributed by atoms with Gasteiger partial charge in [-0.2, -0.15) is 0 Å². The summed E-state index contributed by atoms with van der Waals surface area (Å²) >= 11 is 0. The number of hydrogen-bond acceptors (Lipinski definition) is 5. The summed E-state index contributed by atoms with van der Waals surface area (Å²) in [7, 11) is -0.492. The molecule has 8 heteroatoms. The summed E-state index contributed by atoms with van der Waals surface area (Å²) in [5.41, 5.74) is 0.850. The predicted octanol–water partition coefficient (Wildman–Crippen LogP) is 3.99. The molecule has 2 aliphatic heterocycles. The van der Waals surface area contributed by atoms with Crippen molar-refractivity contribution >= 4 is 24.4 Å². The van der Waals surface area contributed by atoms with Crippen LogP contribution in [0.4, 0.5) is 10.5 Å². The lowest BCUT2D eigenvalue weighted by molar-refractivity contribution is 0.00578. The highest BCUT2D eigenvalue weighted by Gasteiger charge is 2.52. The van der Waals surface area contributed by atoms with Gasteiger partial charge in [0.05, 0.1) is 23.3 Å². The quantitative estimate of drug-likeness (QED) is 0.706. The number of nitrogens with zero attached hydrogens (tertiary/aromatic N) is 2. The third-order valence-corrected chi connectivity index (χ3v) is 6.80. The summed E-state index contributed by atoms with van der Waals surface area (Å²) in [6, 6.07) is 5.99. The van der Waals surface area contributed by atoms with Gasteiger partial charge < -0.3 is 29.0 Å². The van der Waals surface area contributed by atoms with Gasteiger partial charge >= 0.3 is 13.2 Å². The molecule has 1 unspecified atom stereocenters. The molecule has 1 amide bonds. The molecule has 2 fully saturated rings. The zero-order valence-electron chi connectivity index (χ0n) is 21.1. The molecule has 0 saturated carbocycles. The first-order valence-electron chi connectivity index (χ1n) is 11.5. The lowest BCUT2D eigenvalue weighted by Gasteiger charge is -2.46. The Morgan fingerprint density at radius 2 is 1.72 bits per heavy atom. The second kappa shape index (κ2) is 8.45. The number of piperazine rings is 1. The van der Waals surface area contributed by atoms with Gasteiger partial charge in [0.2, 0.25) is 0 Å². The number of amides is 1. The highest BCUT2D eigenvalue weighted by Crippen LogP contribution is 2.37. The van der Waals surface area contributed by atoms with E-state index in [1.807, 2.05) is 53.7 Å². The molecule has 0 aromatic heterocycles. The average molecular weight is 446 g/mol. The summed E-state index contributed by atoms with van der Waals surface area (Å²) in [5.74, 6) is 0.759. The molecular formula is C24H39BN2O5. The molecule has 2 aliphatic rings. The largest absolute Gasteiger partial charge is 0.495 e. The first-order chi connectivity index (χ1) is 14.6. The number of benzene rings is 1. The third kappa shape index (κ3) is 5.01. The highest BCUT2D eigenvalue weighted by atomic mass is 16.7. The molecule has 3 rings (SSSR count). The van der Waals surface area contributed by atoms with Crippen LogP contribution in [0, 0.1) is 5.41 Å². The van der Waals surface area contributed by atoms with Gasteiger partial charge in [0.25, 0.3) is 0 Å². The number of rotatable bonds is 4. The normalized spacial score (nSPS) is 23.1. The fraction of sp³-hybridized carbons (Fsp3) is 0.708. The van der Waals surface area contributed by atoms with Gasteiger partial charge in [-0.1, -0.05) is 20.8 Å². The van der Waals surface area contributed by atoms with Crippen LogP contribution in [-0.4, -0.2) is 66.2 Å². The van der Waals surface area contributed by atoms with Crippen molar-refractivity contribution in [3.8, 4) is 5.75 Å². The smallest absolute Gasteiger partial charge is 0.491 e. The van der Waals surface area contributed by atoms with Crippen LogP contribution >= 0.6 is 0 Å². The van der Waals surface area contributed by atoms with E-state index in [0.29, 0.717) is 19.6 Å². The Morgan fingerprint density at radius 1 is 1.12 bits per heavy atom. The molecule has 0 bridgehead atoms. The number of carbonyl (C=O) groups is 1. The lowest BCUT2D eigenvalue weighted by Crippen LogP contribution is -2.59. The van der Waals surface area contributed by atoms with Crippen molar-refractivity contribution in [3.05, 3.63) is 18.2 Å². The van der Waals surface area contributed by atoms with Gasteiger partial charge in [-0.05, 0) is 64.6 Å². The molecule has 1 aromatic carbocycles. The standard InChI is InChI=1S/C24H39BN2O5/c1-16(2)30-19-13-17(25-31-23(6,7)24(8,9)32-25)12-18(14-19)26-10-11-27(21(28)29)20(15-26)22(3,4)5/h12-14,16,20H,10-11,15H2,1-9H3,(H,28,29). The summed E-state index contributed by atoms with van der Waals surface area (Å²) in [4.78, 5) is 15.7. The van der Waals surface area contributed by atoms with Crippen LogP contribution in [0.2, 0.25) is 0 Å². The van der Waals surface area contributed by atoms with Crippen molar-refractivity contribution < 1.29 is 23.9 Å². The Bertz CT molecular complexity index is 833. The molecule has 7 nitrogen and oxygen atoms in total. The van der Waals surface area contributed by atoms with E-state index in [9.17, 15) is 9.90 Å². The zero-order chi connectivity index (χ0) is 24.1. The highest BCUT2D eigenvalue weighted by molar-refractivity contribution is 6.62. The van der Waals surface area contributed by atoms with Crippen LogP contribution < -0.4 is 15.1 Å². The molecule has 2 heterocycles. The maximum absolute atomic E-state index is 11.8. The first-order valence-corrected chi connectivity index (χ1v) is 11.5. The Balaban J connectivity index is 1.96. The van der Waals surface area contributed by atoms with E-state index in [1.165, 1.54) is 0 Å². The summed E-state index contributed by atoms with van der Waals surface area (Å²) in [6.45, 7) is 20.1. The Morgan fingerprint density at radius 3 is 2.22 bits per heavy atom. The van der Waals surface area contributed by atoms with Crippen LogP contribution in [0.3, 0.4) is 0 Å². The second-order valence-electron chi connectivity index (χ2n) is 11.3. The maximum Gasteiger partial charge on any atom is 0.495 e. The molecule has 178 valence electrons. The van der Waals surface area contributed by atoms with E-state index in [4.69, 9.17) is 14.0 Å². The van der Waals surface area contributed by atoms with Gasteiger partial charge in [0.1, 0.15) is 5.75 Å². The zero-order valence-corrected chi connectivity index (χ0v) is 21.1. The van der Waals surface area contributed by atoms with Crippen molar-refractivity contribution in [2.24, 2.45) is 5.41 Å². The molecule has 1 atom stereocenters. The van der Waals surface area contributed by atoms with E-state index in [-0.39, 0.29) is 17.6 Å². The van der Waals surface area contributed by atoms with Crippen LogP contribution in [-0.2, 0) is 9.31 Å². The molecule has 32 heavy (non-hydrogen) atoms. The fourth-order valence-electron chi connectivity index (χ4n) is 4.23. The summed E-state index contributed by atoms with van der Waals surface area (Å²) < 4.78 is 18.6. The van der Waals surface area contributed by atoms with Gasteiger partial charge in [-0.15, -0.1) is 0 Å². The number of anilines is 1. The van der Waals surface area contributed by atoms with Crippen LogP contribution in [0.1, 0.15) is 62.3 Å². The Labute approximate surface area is 193 Å². The molecular weight excluding hydrogens is 407 g/mol. The van der Waals surface area contributed by atoms with Crippen LogP contribution in [0.15, 0.2) is 18.2 Å². The minimum absolute atomic E-state index is 0.0302.